The van der Waals surface area contributed by atoms with Gasteiger partial charge in [-0.1, -0.05) is 30.3 Å². The SMILES string of the molecule is Cc1ccc(CN2CCN(C(=O)CC(=O)Nc3cccc(C)c3C)CC2=O)cc1C. The van der Waals surface area contributed by atoms with Crippen LogP contribution in [0.2, 0.25) is 0 Å². The number of anilines is 1. The third kappa shape index (κ3) is 5.06. The van der Waals surface area contributed by atoms with E-state index in [1.807, 2.05) is 38.1 Å². The van der Waals surface area contributed by atoms with Crippen LogP contribution in [-0.4, -0.2) is 47.2 Å². The first-order valence-corrected chi connectivity index (χ1v) is 10.2. The van der Waals surface area contributed by atoms with Crippen molar-refractivity contribution in [1.29, 1.82) is 0 Å². The zero-order chi connectivity index (χ0) is 21.8. The molecule has 1 aliphatic rings. The summed E-state index contributed by atoms with van der Waals surface area (Å²) in [6, 6.07) is 11.8. The van der Waals surface area contributed by atoms with Crippen molar-refractivity contribution in [3.05, 3.63) is 64.2 Å². The maximum absolute atomic E-state index is 12.6. The quantitative estimate of drug-likeness (QED) is 0.775. The van der Waals surface area contributed by atoms with E-state index in [-0.39, 0.29) is 30.7 Å². The molecule has 6 heteroatoms. The predicted molar refractivity (Wildman–Crippen MR) is 117 cm³/mol. The highest BCUT2D eigenvalue weighted by atomic mass is 16.2. The number of nitrogens with zero attached hydrogens (tertiary/aromatic N) is 2. The van der Waals surface area contributed by atoms with Crippen LogP contribution in [0.15, 0.2) is 36.4 Å². The van der Waals surface area contributed by atoms with E-state index in [9.17, 15) is 14.4 Å². The van der Waals surface area contributed by atoms with Crippen LogP contribution in [0, 0.1) is 27.7 Å². The lowest BCUT2D eigenvalue weighted by molar-refractivity contribution is -0.146. The van der Waals surface area contributed by atoms with E-state index in [0.717, 1.165) is 16.7 Å². The Hall–Kier alpha value is -3.15. The van der Waals surface area contributed by atoms with Gasteiger partial charge < -0.3 is 15.1 Å². The molecule has 1 saturated heterocycles. The molecular weight excluding hydrogens is 378 g/mol. The summed E-state index contributed by atoms with van der Waals surface area (Å²) in [6.45, 7) is 9.47. The second-order valence-electron chi connectivity index (χ2n) is 8.02. The Balaban J connectivity index is 1.53. The molecule has 0 atom stereocenters. The third-order valence-electron chi connectivity index (χ3n) is 5.81. The standard InChI is InChI=1S/C24H29N3O3/c1-16-8-9-20(12-18(16)3)14-26-10-11-27(15-24(26)30)23(29)13-22(28)25-21-7-5-6-17(2)19(21)4/h5-9,12H,10-11,13-15H2,1-4H3,(H,25,28). The number of benzene rings is 2. The molecular formula is C24H29N3O3. The molecule has 0 aliphatic carbocycles. The molecule has 0 unspecified atom stereocenters. The number of carbonyl (C=O) groups is 3. The molecule has 6 nitrogen and oxygen atoms in total. The normalized spacial score (nSPS) is 14.1. The minimum atomic E-state index is -0.362. The number of hydrogen-bond donors (Lipinski definition) is 1. The summed E-state index contributed by atoms with van der Waals surface area (Å²) in [4.78, 5) is 40.7. The Morgan fingerprint density at radius 3 is 2.43 bits per heavy atom. The number of carbonyl (C=O) groups excluding carboxylic acids is 3. The molecule has 0 aromatic heterocycles. The van der Waals surface area contributed by atoms with Crippen LogP contribution in [-0.2, 0) is 20.9 Å². The molecule has 1 N–H and O–H groups in total. The summed E-state index contributed by atoms with van der Waals surface area (Å²) >= 11 is 0. The molecule has 158 valence electrons. The van der Waals surface area contributed by atoms with Gasteiger partial charge in [0.05, 0.1) is 6.54 Å². The summed E-state index contributed by atoms with van der Waals surface area (Å²) < 4.78 is 0. The summed E-state index contributed by atoms with van der Waals surface area (Å²) in [7, 11) is 0. The molecule has 0 spiro atoms. The van der Waals surface area contributed by atoms with E-state index in [4.69, 9.17) is 0 Å². The summed E-state index contributed by atoms with van der Waals surface area (Å²) in [5, 5.41) is 2.80. The predicted octanol–water partition coefficient (Wildman–Crippen LogP) is 3.12. The second-order valence-corrected chi connectivity index (χ2v) is 8.02. The zero-order valence-corrected chi connectivity index (χ0v) is 18.1. The molecule has 1 heterocycles. The number of amides is 3. The molecule has 3 rings (SSSR count). The Bertz CT molecular complexity index is 984. The highest BCUT2D eigenvalue weighted by Crippen LogP contribution is 2.18. The lowest BCUT2D eigenvalue weighted by Gasteiger charge is -2.34. The molecule has 1 aliphatic heterocycles. The average molecular weight is 408 g/mol. The van der Waals surface area contributed by atoms with E-state index >= 15 is 0 Å². The van der Waals surface area contributed by atoms with E-state index in [0.29, 0.717) is 25.3 Å². The van der Waals surface area contributed by atoms with Gasteiger partial charge in [-0.3, -0.25) is 14.4 Å². The summed E-state index contributed by atoms with van der Waals surface area (Å²) in [5.41, 5.74) is 6.27. The minimum absolute atomic E-state index is 0.0143. The Morgan fingerprint density at radius 1 is 0.967 bits per heavy atom. The zero-order valence-electron chi connectivity index (χ0n) is 18.1. The highest BCUT2D eigenvalue weighted by molar-refractivity contribution is 6.04. The van der Waals surface area contributed by atoms with Crippen LogP contribution in [0.4, 0.5) is 5.69 Å². The number of piperazine rings is 1. The van der Waals surface area contributed by atoms with Crippen molar-refractivity contribution >= 4 is 23.4 Å². The number of hydrogen-bond acceptors (Lipinski definition) is 3. The second kappa shape index (κ2) is 9.11. The smallest absolute Gasteiger partial charge is 0.242 e. The van der Waals surface area contributed by atoms with Gasteiger partial charge in [-0.25, -0.2) is 0 Å². The van der Waals surface area contributed by atoms with E-state index < -0.39 is 0 Å². The first kappa shape index (κ1) is 21.6. The third-order valence-corrected chi connectivity index (χ3v) is 5.81. The lowest BCUT2D eigenvalue weighted by Crippen LogP contribution is -2.52. The van der Waals surface area contributed by atoms with Gasteiger partial charge in [-0.15, -0.1) is 0 Å². The van der Waals surface area contributed by atoms with Crippen LogP contribution in [0.5, 0.6) is 0 Å². The van der Waals surface area contributed by atoms with Gasteiger partial charge in [-0.05, 0) is 61.6 Å². The van der Waals surface area contributed by atoms with Crippen molar-refractivity contribution in [2.24, 2.45) is 0 Å². The van der Waals surface area contributed by atoms with Gasteiger partial charge in [0.1, 0.15) is 6.42 Å². The van der Waals surface area contributed by atoms with Crippen LogP contribution in [0.1, 0.15) is 34.2 Å². The lowest BCUT2D eigenvalue weighted by atomic mass is 10.1. The van der Waals surface area contributed by atoms with Crippen molar-refractivity contribution in [3.63, 3.8) is 0 Å². The fourth-order valence-corrected chi connectivity index (χ4v) is 3.54. The average Bonchev–Trinajstić information content (AvgIpc) is 2.69. The first-order valence-electron chi connectivity index (χ1n) is 10.2. The van der Waals surface area contributed by atoms with Crippen molar-refractivity contribution in [1.82, 2.24) is 9.80 Å². The number of nitrogens with one attached hydrogen (secondary N) is 1. The Labute approximate surface area is 177 Å². The fraction of sp³-hybridized carbons (Fsp3) is 0.375. The van der Waals surface area contributed by atoms with Crippen molar-refractivity contribution < 1.29 is 14.4 Å². The molecule has 30 heavy (non-hydrogen) atoms. The number of rotatable bonds is 5. The van der Waals surface area contributed by atoms with E-state index in [2.05, 4.69) is 31.3 Å². The molecule has 2 aromatic rings. The molecule has 3 amide bonds. The molecule has 0 bridgehead atoms. The Kier molecular flexibility index (Phi) is 6.55. The van der Waals surface area contributed by atoms with E-state index in [1.54, 1.807) is 4.90 Å². The Morgan fingerprint density at radius 2 is 1.73 bits per heavy atom. The number of aryl methyl sites for hydroxylation is 3. The first-order chi connectivity index (χ1) is 14.2. The maximum Gasteiger partial charge on any atom is 0.242 e. The van der Waals surface area contributed by atoms with Crippen LogP contribution in [0.3, 0.4) is 0 Å². The van der Waals surface area contributed by atoms with Gasteiger partial charge in [0.25, 0.3) is 0 Å². The van der Waals surface area contributed by atoms with Crippen molar-refractivity contribution in [2.75, 3.05) is 25.0 Å². The van der Waals surface area contributed by atoms with Gasteiger partial charge >= 0.3 is 0 Å². The van der Waals surface area contributed by atoms with Crippen LogP contribution in [0.25, 0.3) is 0 Å². The van der Waals surface area contributed by atoms with Gasteiger partial charge in [0.2, 0.25) is 17.7 Å². The van der Waals surface area contributed by atoms with Crippen LogP contribution < -0.4 is 5.32 Å². The van der Waals surface area contributed by atoms with E-state index in [1.165, 1.54) is 16.0 Å². The molecule has 2 aromatic carbocycles. The fourth-order valence-electron chi connectivity index (χ4n) is 3.54. The van der Waals surface area contributed by atoms with Crippen molar-refractivity contribution in [2.45, 2.75) is 40.7 Å². The largest absolute Gasteiger partial charge is 0.335 e. The van der Waals surface area contributed by atoms with Crippen LogP contribution >= 0.6 is 0 Å². The molecule has 1 fully saturated rings. The van der Waals surface area contributed by atoms with Gasteiger partial charge in [0, 0.05) is 25.3 Å². The van der Waals surface area contributed by atoms with Gasteiger partial charge in [0.15, 0.2) is 0 Å². The monoisotopic (exact) mass is 407 g/mol. The summed E-state index contributed by atoms with van der Waals surface area (Å²) in [6.07, 6.45) is -0.266. The van der Waals surface area contributed by atoms with Gasteiger partial charge in [-0.2, -0.15) is 0 Å². The highest BCUT2D eigenvalue weighted by Gasteiger charge is 2.28. The minimum Gasteiger partial charge on any atom is -0.335 e. The topological polar surface area (TPSA) is 69.7 Å². The molecule has 0 radical (unpaired) electrons. The summed E-state index contributed by atoms with van der Waals surface area (Å²) in [5.74, 6) is -0.779. The van der Waals surface area contributed by atoms with Crippen molar-refractivity contribution in [3.8, 4) is 0 Å². The molecule has 0 saturated carbocycles. The maximum atomic E-state index is 12.6.